The van der Waals surface area contributed by atoms with Gasteiger partial charge >= 0.3 is 0 Å². The third-order valence-electron chi connectivity index (χ3n) is 0.289. The fourth-order valence-electron chi connectivity index (χ4n) is 0. The summed E-state index contributed by atoms with van der Waals surface area (Å²) < 4.78 is 0. The summed E-state index contributed by atoms with van der Waals surface area (Å²) in [5, 5.41) is 0. The Morgan fingerprint density at radius 3 is 1.40 bits per heavy atom. The predicted octanol–water partition coefficient (Wildman–Crippen LogP) is 4.19. The molecule has 0 nitrogen and oxygen atoms in total. The van der Waals surface area contributed by atoms with Crippen molar-refractivity contribution in [1.29, 1.82) is 0 Å². The third kappa shape index (κ3) is 1360. The van der Waals surface area contributed by atoms with Crippen molar-refractivity contribution >= 4 is 0 Å². The number of rotatable bonds is 1. The van der Waals surface area contributed by atoms with Gasteiger partial charge in [-0.2, -0.15) is 0 Å². The van der Waals surface area contributed by atoms with Gasteiger partial charge in [0.2, 0.25) is 0 Å². The second kappa shape index (κ2) is 23.6. The van der Waals surface area contributed by atoms with Crippen molar-refractivity contribution in [2.45, 2.75) is 41.0 Å². The van der Waals surface area contributed by atoms with Gasteiger partial charge in [0, 0.05) is 0 Å². The predicted molar refractivity (Wildman–Crippen MR) is 52.3 cm³/mol. The van der Waals surface area contributed by atoms with Crippen molar-refractivity contribution < 1.29 is 0 Å². The molecular formula is C10H22. The molecule has 0 fully saturated rings. The Morgan fingerprint density at radius 2 is 1.40 bits per heavy atom. The van der Waals surface area contributed by atoms with Gasteiger partial charge in [0.1, 0.15) is 0 Å². The molecule has 0 aliphatic carbocycles. The van der Waals surface area contributed by atoms with E-state index < -0.39 is 0 Å². The van der Waals surface area contributed by atoms with Crippen LogP contribution in [-0.2, 0) is 0 Å². The highest BCUT2D eigenvalue weighted by molar-refractivity contribution is 4.78. The van der Waals surface area contributed by atoms with E-state index in [2.05, 4.69) is 20.1 Å². The van der Waals surface area contributed by atoms with E-state index in [4.69, 9.17) is 0 Å². The average Bonchev–Trinajstić information content (AvgIpc) is 1.91. The Bertz CT molecular complexity index is 56.4. The second-order valence-electron chi connectivity index (χ2n) is 1.90. The van der Waals surface area contributed by atoms with Crippen molar-refractivity contribution in [2.24, 2.45) is 0 Å². The molecule has 62 valence electrons. The molecule has 0 heterocycles. The summed E-state index contributed by atoms with van der Waals surface area (Å²) in [6.07, 6.45) is 2.96. The van der Waals surface area contributed by atoms with Gasteiger partial charge in [-0.15, -0.1) is 13.2 Å². The fraction of sp³-hybridized carbons (Fsp3) is 0.600. The van der Waals surface area contributed by atoms with Crippen molar-refractivity contribution in [2.75, 3.05) is 0 Å². The number of hydrogen-bond acceptors (Lipinski definition) is 0. The van der Waals surface area contributed by atoms with Crippen molar-refractivity contribution in [1.82, 2.24) is 0 Å². The monoisotopic (exact) mass is 142 g/mol. The number of hydrogen-bond donors (Lipinski definition) is 0. The highest BCUT2D eigenvalue weighted by Crippen LogP contribution is 1.73. The zero-order valence-electron chi connectivity index (χ0n) is 8.20. The van der Waals surface area contributed by atoms with Crippen LogP contribution in [0.3, 0.4) is 0 Å². The van der Waals surface area contributed by atoms with E-state index in [-0.39, 0.29) is 0 Å². The second-order valence-corrected chi connectivity index (χ2v) is 1.90. The molecule has 0 saturated heterocycles. The molecule has 0 rings (SSSR count). The van der Waals surface area contributed by atoms with Crippen LogP contribution in [0.5, 0.6) is 0 Å². The summed E-state index contributed by atoms with van der Waals surface area (Å²) in [6.45, 7) is 17.0. The minimum absolute atomic E-state index is 1.08. The van der Waals surface area contributed by atoms with Gasteiger partial charge < -0.3 is 0 Å². The Morgan fingerprint density at radius 1 is 1.30 bits per heavy atom. The molecule has 10 heavy (non-hydrogen) atoms. The fourth-order valence-corrected chi connectivity index (χ4v) is 0. The molecule has 0 bridgehead atoms. The van der Waals surface area contributed by atoms with Crippen LogP contribution in [0.1, 0.15) is 41.0 Å². The van der Waals surface area contributed by atoms with E-state index in [1.54, 1.807) is 0 Å². The summed E-state index contributed by atoms with van der Waals surface area (Å²) in [6, 6.07) is 0. The molecule has 0 spiro atoms. The van der Waals surface area contributed by atoms with Crippen LogP contribution in [0.2, 0.25) is 0 Å². The van der Waals surface area contributed by atoms with Gasteiger partial charge in [-0.3, -0.25) is 0 Å². The standard InChI is InChI=1S/2C4H8.C2H6/c1-4(2)3;1-3-4-2;1-2/h1H2,2-3H3;3H,1,4H2,2H3;1-2H3. The molecule has 0 amide bonds. The van der Waals surface area contributed by atoms with Crippen LogP contribution >= 0.6 is 0 Å². The zero-order valence-corrected chi connectivity index (χ0v) is 8.20. The highest BCUT2D eigenvalue weighted by Gasteiger charge is 1.51. The van der Waals surface area contributed by atoms with E-state index >= 15 is 0 Å². The van der Waals surface area contributed by atoms with E-state index in [9.17, 15) is 0 Å². The first-order chi connectivity index (χ1) is 4.65. The molecule has 0 aliphatic rings. The first-order valence-electron chi connectivity index (χ1n) is 3.88. The molecule has 0 unspecified atom stereocenters. The summed E-state index contributed by atoms with van der Waals surface area (Å²) in [5.41, 5.74) is 1.17. The molecule has 0 N–H and O–H groups in total. The lowest BCUT2D eigenvalue weighted by Gasteiger charge is -1.65. The van der Waals surface area contributed by atoms with Crippen LogP contribution in [0.15, 0.2) is 24.8 Å². The summed E-state index contributed by atoms with van der Waals surface area (Å²) >= 11 is 0. The molecule has 0 aromatic rings. The first-order valence-corrected chi connectivity index (χ1v) is 3.88. The molecule has 0 aromatic heterocycles. The molecule has 0 radical (unpaired) electrons. The Kier molecular flexibility index (Phi) is 38.4. The lowest BCUT2D eigenvalue weighted by atomic mass is 10.4. The van der Waals surface area contributed by atoms with Crippen molar-refractivity contribution in [3.05, 3.63) is 24.8 Å². The maximum Gasteiger partial charge on any atom is -0.0382 e. The third-order valence-corrected chi connectivity index (χ3v) is 0.289. The van der Waals surface area contributed by atoms with Crippen LogP contribution in [0, 0.1) is 0 Å². The summed E-state index contributed by atoms with van der Waals surface area (Å²) in [5.74, 6) is 0. The minimum Gasteiger partial charge on any atom is -0.103 e. The first kappa shape index (κ1) is 16.2. The largest absolute Gasteiger partial charge is 0.103 e. The topological polar surface area (TPSA) is 0 Å². The van der Waals surface area contributed by atoms with Gasteiger partial charge in [0.05, 0.1) is 0 Å². The summed E-state index contributed by atoms with van der Waals surface area (Å²) in [7, 11) is 0. The van der Waals surface area contributed by atoms with E-state index in [1.807, 2.05) is 33.8 Å². The SMILES string of the molecule is C=C(C)C.C=CCC.CC. The van der Waals surface area contributed by atoms with Gasteiger partial charge in [-0.25, -0.2) is 0 Å². The minimum atomic E-state index is 1.08. The van der Waals surface area contributed by atoms with Crippen LogP contribution in [0.25, 0.3) is 0 Å². The molecular weight excluding hydrogens is 120 g/mol. The quantitative estimate of drug-likeness (QED) is 0.481. The van der Waals surface area contributed by atoms with E-state index in [0.29, 0.717) is 0 Å². The van der Waals surface area contributed by atoms with Crippen molar-refractivity contribution in [3.63, 3.8) is 0 Å². The van der Waals surface area contributed by atoms with Crippen LogP contribution < -0.4 is 0 Å². The van der Waals surface area contributed by atoms with Crippen LogP contribution in [0.4, 0.5) is 0 Å². The molecule has 0 heteroatoms. The van der Waals surface area contributed by atoms with Crippen molar-refractivity contribution in [3.8, 4) is 0 Å². The smallest absolute Gasteiger partial charge is 0.0382 e. The maximum absolute atomic E-state index is 3.56. The Balaban J connectivity index is -0.0000000787. The summed E-state index contributed by atoms with van der Waals surface area (Å²) in [4.78, 5) is 0. The van der Waals surface area contributed by atoms with E-state index in [1.165, 1.54) is 5.57 Å². The average molecular weight is 142 g/mol. The molecule has 0 atom stereocenters. The maximum atomic E-state index is 3.56. The molecule has 0 aliphatic heterocycles. The van der Waals surface area contributed by atoms with Gasteiger partial charge in [0.15, 0.2) is 0 Å². The van der Waals surface area contributed by atoms with Crippen LogP contribution in [-0.4, -0.2) is 0 Å². The normalized spacial score (nSPS) is 5.70. The Labute approximate surface area is 66.7 Å². The lowest BCUT2D eigenvalue weighted by molar-refractivity contribution is 1.23. The molecule has 0 saturated carbocycles. The van der Waals surface area contributed by atoms with E-state index in [0.717, 1.165) is 6.42 Å². The highest BCUT2D eigenvalue weighted by atomic mass is 13.6. The molecule has 0 aromatic carbocycles. The number of allylic oxidation sites excluding steroid dienone is 2. The zero-order chi connectivity index (χ0) is 8.99. The Hall–Kier alpha value is -0.520. The van der Waals surface area contributed by atoms with Gasteiger partial charge in [0.25, 0.3) is 0 Å². The van der Waals surface area contributed by atoms with Gasteiger partial charge in [-0.05, 0) is 20.3 Å². The van der Waals surface area contributed by atoms with Gasteiger partial charge in [-0.1, -0.05) is 32.4 Å². The lowest BCUT2D eigenvalue weighted by Crippen LogP contribution is -1.43.